The summed E-state index contributed by atoms with van der Waals surface area (Å²) in [6.45, 7) is 1.89. The summed E-state index contributed by atoms with van der Waals surface area (Å²) in [6, 6.07) is 8.22. The molecule has 9 nitrogen and oxygen atoms in total. The molecule has 142 valence electrons. The third-order valence-corrected chi connectivity index (χ3v) is 6.28. The number of sulfonamides is 1. The zero-order valence-corrected chi connectivity index (χ0v) is 16.0. The van der Waals surface area contributed by atoms with Crippen molar-refractivity contribution in [1.82, 2.24) is 24.6 Å². The van der Waals surface area contributed by atoms with Crippen LogP contribution in [-0.2, 0) is 10.0 Å². The second kappa shape index (κ2) is 6.57. The van der Waals surface area contributed by atoms with Crippen molar-refractivity contribution in [1.29, 1.82) is 0 Å². The molecule has 2 N–H and O–H groups in total. The molecule has 0 aliphatic carbocycles. The Morgan fingerprint density at radius 2 is 1.86 bits per heavy atom. The Hall–Kier alpha value is -3.53. The van der Waals surface area contributed by atoms with E-state index < -0.39 is 10.0 Å². The molecule has 0 saturated carbocycles. The van der Waals surface area contributed by atoms with Gasteiger partial charge in [0.15, 0.2) is 11.5 Å². The van der Waals surface area contributed by atoms with Gasteiger partial charge in [0.05, 0.1) is 22.5 Å². The highest BCUT2D eigenvalue weighted by Crippen LogP contribution is 2.29. The maximum absolute atomic E-state index is 13.1. The fourth-order valence-corrected chi connectivity index (χ4v) is 4.13. The molecule has 1 aromatic carbocycles. The second-order valence-electron chi connectivity index (χ2n) is 6.18. The zero-order valence-electron chi connectivity index (χ0n) is 15.2. The van der Waals surface area contributed by atoms with Gasteiger partial charge in [-0.25, -0.2) is 22.9 Å². The van der Waals surface area contributed by atoms with Crippen LogP contribution in [0.5, 0.6) is 0 Å². The Kier molecular flexibility index (Phi) is 4.19. The molecular formula is C18H17N7O2S. The summed E-state index contributed by atoms with van der Waals surface area (Å²) >= 11 is 0. The normalized spacial score (nSPS) is 11.6. The van der Waals surface area contributed by atoms with E-state index in [-0.39, 0.29) is 10.7 Å². The van der Waals surface area contributed by atoms with Gasteiger partial charge in [-0.05, 0) is 36.8 Å². The van der Waals surface area contributed by atoms with Gasteiger partial charge in [-0.15, -0.1) is 0 Å². The number of benzene rings is 1. The van der Waals surface area contributed by atoms with Crippen molar-refractivity contribution in [2.45, 2.75) is 11.8 Å². The Bertz CT molecular complexity index is 1270. The number of fused-ring (bicyclic) bond motifs is 1. The van der Waals surface area contributed by atoms with Crippen LogP contribution in [0.25, 0.3) is 16.9 Å². The molecule has 4 aromatic rings. The summed E-state index contributed by atoms with van der Waals surface area (Å²) < 4.78 is 29.0. The van der Waals surface area contributed by atoms with E-state index in [4.69, 9.17) is 5.73 Å². The Morgan fingerprint density at radius 1 is 1.11 bits per heavy atom. The number of hydrogen-bond acceptors (Lipinski definition) is 7. The molecule has 0 radical (unpaired) electrons. The smallest absolute Gasteiger partial charge is 0.264 e. The van der Waals surface area contributed by atoms with Crippen LogP contribution in [0.3, 0.4) is 0 Å². The minimum Gasteiger partial charge on any atom is -0.381 e. The number of aryl methyl sites for hydroxylation is 1. The van der Waals surface area contributed by atoms with Crippen LogP contribution in [0, 0.1) is 6.92 Å². The molecular weight excluding hydrogens is 378 g/mol. The number of pyridine rings is 1. The molecule has 28 heavy (non-hydrogen) atoms. The molecule has 0 saturated heterocycles. The number of imidazole rings is 1. The minimum atomic E-state index is -3.77. The van der Waals surface area contributed by atoms with E-state index in [1.165, 1.54) is 17.7 Å². The zero-order chi connectivity index (χ0) is 19.9. The van der Waals surface area contributed by atoms with Crippen LogP contribution < -0.4 is 10.0 Å². The van der Waals surface area contributed by atoms with Gasteiger partial charge >= 0.3 is 0 Å². The first-order chi connectivity index (χ1) is 13.4. The summed E-state index contributed by atoms with van der Waals surface area (Å²) in [7, 11) is -2.26. The van der Waals surface area contributed by atoms with Gasteiger partial charge in [-0.3, -0.25) is 9.29 Å². The SMILES string of the molecule is Cc1ccc(S(=O)(=O)N(C)c2ccncc2)cc1-c1cnc2c(N)ncnn12. The lowest BCUT2D eigenvalue weighted by Gasteiger charge is -2.20. The van der Waals surface area contributed by atoms with Gasteiger partial charge in [0.2, 0.25) is 0 Å². The molecule has 0 unspecified atom stereocenters. The first-order valence-corrected chi connectivity index (χ1v) is 9.78. The highest BCUT2D eigenvalue weighted by Gasteiger charge is 2.23. The van der Waals surface area contributed by atoms with Crippen molar-refractivity contribution in [3.8, 4) is 11.3 Å². The maximum Gasteiger partial charge on any atom is 0.264 e. The van der Waals surface area contributed by atoms with E-state index in [0.29, 0.717) is 22.6 Å². The monoisotopic (exact) mass is 395 g/mol. The van der Waals surface area contributed by atoms with Crippen LogP contribution in [-0.4, -0.2) is 40.0 Å². The fourth-order valence-electron chi connectivity index (χ4n) is 2.91. The lowest BCUT2D eigenvalue weighted by molar-refractivity contribution is 0.594. The van der Waals surface area contributed by atoms with Crippen molar-refractivity contribution in [2.24, 2.45) is 0 Å². The predicted molar refractivity (Wildman–Crippen MR) is 105 cm³/mol. The van der Waals surface area contributed by atoms with E-state index >= 15 is 0 Å². The highest BCUT2D eigenvalue weighted by atomic mass is 32.2. The molecule has 0 aliphatic rings. The lowest BCUT2D eigenvalue weighted by Crippen LogP contribution is -2.26. The quantitative estimate of drug-likeness (QED) is 0.560. The Balaban J connectivity index is 1.84. The second-order valence-corrected chi connectivity index (χ2v) is 8.15. The van der Waals surface area contributed by atoms with Crippen molar-refractivity contribution < 1.29 is 8.42 Å². The van der Waals surface area contributed by atoms with E-state index in [1.54, 1.807) is 53.4 Å². The van der Waals surface area contributed by atoms with Crippen LogP contribution >= 0.6 is 0 Å². The molecule has 0 spiro atoms. The van der Waals surface area contributed by atoms with Crippen LogP contribution in [0.4, 0.5) is 11.5 Å². The van der Waals surface area contributed by atoms with Crippen LogP contribution in [0.2, 0.25) is 0 Å². The molecule has 0 aliphatic heterocycles. The van der Waals surface area contributed by atoms with Crippen LogP contribution in [0.15, 0.2) is 60.1 Å². The average molecular weight is 395 g/mol. The maximum atomic E-state index is 13.1. The molecule has 4 rings (SSSR count). The third-order valence-electron chi connectivity index (χ3n) is 4.50. The van der Waals surface area contributed by atoms with Crippen molar-refractivity contribution >= 4 is 27.2 Å². The van der Waals surface area contributed by atoms with Gasteiger partial charge in [-0.2, -0.15) is 5.10 Å². The third kappa shape index (κ3) is 2.83. The summed E-state index contributed by atoms with van der Waals surface area (Å²) in [4.78, 5) is 12.3. The predicted octanol–water partition coefficient (Wildman–Crippen LogP) is 1.90. The van der Waals surface area contributed by atoms with Gasteiger partial charge in [0.1, 0.15) is 6.33 Å². The first-order valence-electron chi connectivity index (χ1n) is 8.34. The van der Waals surface area contributed by atoms with Gasteiger partial charge < -0.3 is 5.73 Å². The van der Waals surface area contributed by atoms with Crippen molar-refractivity contribution in [2.75, 3.05) is 17.1 Å². The first kappa shape index (κ1) is 17.9. The number of nitrogens with zero attached hydrogens (tertiary/aromatic N) is 6. The Labute approximate surface area is 161 Å². The summed E-state index contributed by atoms with van der Waals surface area (Å²) in [6.07, 6.45) is 6.03. The molecule has 3 aromatic heterocycles. The molecule has 10 heteroatoms. The number of aromatic nitrogens is 5. The van der Waals surface area contributed by atoms with E-state index in [9.17, 15) is 8.42 Å². The molecule has 0 fully saturated rings. The summed E-state index contributed by atoms with van der Waals surface area (Å²) in [5, 5.41) is 4.19. The molecule has 0 amide bonds. The van der Waals surface area contributed by atoms with Gasteiger partial charge in [0.25, 0.3) is 10.0 Å². The number of nitrogen functional groups attached to an aromatic ring is 1. The Morgan fingerprint density at radius 3 is 2.61 bits per heavy atom. The topological polar surface area (TPSA) is 119 Å². The summed E-state index contributed by atoms with van der Waals surface area (Å²) in [5.41, 5.74) is 8.98. The molecule has 0 atom stereocenters. The highest BCUT2D eigenvalue weighted by molar-refractivity contribution is 7.92. The number of nitrogens with two attached hydrogens (primary N) is 1. The van der Waals surface area contributed by atoms with Gasteiger partial charge in [-0.1, -0.05) is 6.07 Å². The molecule has 0 bridgehead atoms. The average Bonchev–Trinajstić information content (AvgIpc) is 3.13. The number of rotatable bonds is 4. The van der Waals surface area contributed by atoms with E-state index in [2.05, 4.69) is 20.1 Å². The molecule has 3 heterocycles. The van der Waals surface area contributed by atoms with Crippen molar-refractivity contribution in [3.63, 3.8) is 0 Å². The van der Waals surface area contributed by atoms with Crippen molar-refractivity contribution in [3.05, 3.63) is 60.8 Å². The van der Waals surface area contributed by atoms with E-state index in [1.807, 2.05) is 6.92 Å². The minimum absolute atomic E-state index is 0.157. The largest absolute Gasteiger partial charge is 0.381 e. The van der Waals surface area contributed by atoms with E-state index in [0.717, 1.165) is 5.56 Å². The van der Waals surface area contributed by atoms with Gasteiger partial charge in [0, 0.05) is 25.0 Å². The lowest BCUT2D eigenvalue weighted by atomic mass is 10.1. The summed E-state index contributed by atoms with van der Waals surface area (Å²) in [5.74, 6) is 0.250. The fraction of sp³-hybridized carbons (Fsp3) is 0.111. The number of anilines is 2. The standard InChI is InChI=1S/C18H17N7O2S/c1-12-3-4-14(28(26,27)24(2)13-5-7-20-8-6-13)9-15(12)16-10-21-18-17(19)22-11-23-25(16)18/h3-11H,1-2H3,(H2,19,22,23). The number of hydrogen-bond donors (Lipinski definition) is 1. The van der Waals surface area contributed by atoms with Crippen LogP contribution in [0.1, 0.15) is 5.56 Å².